The molecule has 0 heterocycles. The molecule has 0 saturated carbocycles. The van der Waals surface area contributed by atoms with Crippen molar-refractivity contribution in [3.8, 4) is 11.5 Å². The maximum Gasteiger partial charge on any atom is 0.262 e. The van der Waals surface area contributed by atoms with Crippen molar-refractivity contribution >= 4 is 27.5 Å². The van der Waals surface area contributed by atoms with Crippen LogP contribution in [0.2, 0.25) is 0 Å². The van der Waals surface area contributed by atoms with Gasteiger partial charge >= 0.3 is 0 Å². The van der Waals surface area contributed by atoms with Crippen LogP contribution in [0.3, 0.4) is 0 Å². The lowest BCUT2D eigenvalue weighted by atomic mass is 10.0. The van der Waals surface area contributed by atoms with Gasteiger partial charge in [-0.3, -0.25) is 4.79 Å². The molecule has 5 heteroatoms. The number of hydrogen-bond donors (Lipinski definition) is 2. The fourth-order valence-corrected chi connectivity index (χ4v) is 2.14. The highest BCUT2D eigenvalue weighted by Crippen LogP contribution is 2.27. The Morgan fingerprint density at radius 1 is 1.23 bits per heavy atom. The molecule has 2 aromatic carbocycles. The Morgan fingerprint density at radius 2 is 1.91 bits per heavy atom. The summed E-state index contributed by atoms with van der Waals surface area (Å²) in [6.07, 6.45) is 0. The van der Waals surface area contributed by atoms with E-state index in [9.17, 15) is 9.90 Å². The van der Waals surface area contributed by atoms with E-state index in [1.54, 1.807) is 24.3 Å². The third-order valence-electron chi connectivity index (χ3n) is 3.14. The summed E-state index contributed by atoms with van der Waals surface area (Å²) in [5, 5.41) is 12.5. The molecule has 0 aliphatic carbocycles. The Balaban J connectivity index is 1.97. The number of anilines is 1. The number of rotatable bonds is 5. The first-order valence-electron chi connectivity index (χ1n) is 6.97. The van der Waals surface area contributed by atoms with Crippen LogP contribution in [-0.2, 0) is 4.79 Å². The van der Waals surface area contributed by atoms with Gasteiger partial charge in [0, 0.05) is 4.47 Å². The molecule has 2 N–H and O–H groups in total. The zero-order valence-electron chi connectivity index (χ0n) is 12.5. The van der Waals surface area contributed by atoms with Crippen molar-refractivity contribution < 1.29 is 14.6 Å². The minimum Gasteiger partial charge on any atom is -0.506 e. The van der Waals surface area contributed by atoms with E-state index in [4.69, 9.17) is 4.74 Å². The smallest absolute Gasteiger partial charge is 0.262 e. The molecule has 0 radical (unpaired) electrons. The highest BCUT2D eigenvalue weighted by atomic mass is 79.9. The molecule has 4 nitrogen and oxygen atoms in total. The number of ether oxygens (including phenoxy) is 1. The predicted molar refractivity (Wildman–Crippen MR) is 90.5 cm³/mol. The van der Waals surface area contributed by atoms with Gasteiger partial charge in [-0.2, -0.15) is 0 Å². The minimum atomic E-state index is -0.320. The lowest BCUT2D eigenvalue weighted by Gasteiger charge is -2.12. The summed E-state index contributed by atoms with van der Waals surface area (Å²) in [4.78, 5) is 11.9. The maximum absolute atomic E-state index is 11.9. The van der Waals surface area contributed by atoms with E-state index in [2.05, 4.69) is 35.1 Å². The Kier molecular flexibility index (Phi) is 5.44. The second-order valence-corrected chi connectivity index (χ2v) is 6.14. The van der Waals surface area contributed by atoms with Crippen LogP contribution >= 0.6 is 15.9 Å². The summed E-state index contributed by atoms with van der Waals surface area (Å²) in [7, 11) is 0. The number of hydrogen-bond acceptors (Lipinski definition) is 3. The Hall–Kier alpha value is -2.01. The molecule has 0 fully saturated rings. The van der Waals surface area contributed by atoms with Crippen LogP contribution in [0.15, 0.2) is 46.9 Å². The van der Waals surface area contributed by atoms with E-state index in [1.807, 2.05) is 18.2 Å². The zero-order chi connectivity index (χ0) is 16.1. The quantitative estimate of drug-likeness (QED) is 0.778. The second-order valence-electron chi connectivity index (χ2n) is 5.22. The van der Waals surface area contributed by atoms with Gasteiger partial charge < -0.3 is 15.2 Å². The summed E-state index contributed by atoms with van der Waals surface area (Å²) in [6, 6.07) is 12.4. The Bertz CT molecular complexity index is 653. The standard InChI is InChI=1S/C17H18BrNO3/c1-11(2)12-3-8-16(20)15(9-12)19-17(21)10-22-14-6-4-13(18)5-7-14/h3-9,11,20H,10H2,1-2H3,(H,19,21). The van der Waals surface area contributed by atoms with Crippen molar-refractivity contribution in [2.24, 2.45) is 0 Å². The molecular weight excluding hydrogens is 346 g/mol. The van der Waals surface area contributed by atoms with Crippen molar-refractivity contribution in [3.05, 3.63) is 52.5 Å². The van der Waals surface area contributed by atoms with Crippen molar-refractivity contribution in [1.29, 1.82) is 0 Å². The van der Waals surface area contributed by atoms with Crippen LogP contribution in [0.5, 0.6) is 11.5 Å². The SMILES string of the molecule is CC(C)c1ccc(O)c(NC(=O)COc2ccc(Br)cc2)c1. The normalized spacial score (nSPS) is 10.5. The third-order valence-corrected chi connectivity index (χ3v) is 3.67. The lowest BCUT2D eigenvalue weighted by Crippen LogP contribution is -2.20. The first-order chi connectivity index (χ1) is 10.5. The molecule has 22 heavy (non-hydrogen) atoms. The molecule has 2 aromatic rings. The molecule has 1 amide bonds. The molecular formula is C17H18BrNO3. The van der Waals surface area contributed by atoms with E-state index < -0.39 is 0 Å². The van der Waals surface area contributed by atoms with Gasteiger partial charge in [0.05, 0.1) is 5.69 Å². The van der Waals surface area contributed by atoms with Crippen molar-refractivity contribution in [3.63, 3.8) is 0 Å². The molecule has 0 aliphatic heterocycles. The van der Waals surface area contributed by atoms with Crippen molar-refractivity contribution in [2.45, 2.75) is 19.8 Å². The molecule has 0 saturated heterocycles. The summed E-state index contributed by atoms with van der Waals surface area (Å²) in [5.74, 6) is 0.647. The van der Waals surface area contributed by atoms with Crippen LogP contribution < -0.4 is 10.1 Å². The molecule has 0 spiro atoms. The van der Waals surface area contributed by atoms with E-state index in [0.717, 1.165) is 10.0 Å². The average Bonchev–Trinajstić information content (AvgIpc) is 2.48. The number of carbonyl (C=O) groups is 1. The molecule has 0 aromatic heterocycles. The van der Waals surface area contributed by atoms with Gasteiger partial charge in [0.2, 0.25) is 0 Å². The fraction of sp³-hybridized carbons (Fsp3) is 0.235. The van der Waals surface area contributed by atoms with Crippen LogP contribution in [0.4, 0.5) is 5.69 Å². The van der Waals surface area contributed by atoms with E-state index in [1.165, 1.54) is 0 Å². The molecule has 0 aliphatic rings. The zero-order valence-corrected chi connectivity index (χ0v) is 14.1. The maximum atomic E-state index is 11.9. The number of phenols is 1. The number of halogens is 1. The van der Waals surface area contributed by atoms with Crippen molar-refractivity contribution in [2.75, 3.05) is 11.9 Å². The molecule has 0 unspecified atom stereocenters. The predicted octanol–water partition coefficient (Wildman–Crippen LogP) is 4.30. The van der Waals surface area contributed by atoms with Gasteiger partial charge in [-0.05, 0) is 47.9 Å². The first-order valence-corrected chi connectivity index (χ1v) is 7.76. The molecule has 0 bridgehead atoms. The second kappa shape index (κ2) is 7.31. The van der Waals surface area contributed by atoms with Crippen LogP contribution in [0, 0.1) is 0 Å². The number of carbonyl (C=O) groups excluding carboxylic acids is 1. The summed E-state index contributed by atoms with van der Waals surface area (Å²) < 4.78 is 6.34. The van der Waals surface area contributed by atoms with Gasteiger partial charge in [-0.25, -0.2) is 0 Å². The lowest BCUT2D eigenvalue weighted by molar-refractivity contribution is -0.118. The van der Waals surface area contributed by atoms with Gasteiger partial charge in [-0.15, -0.1) is 0 Å². The average molecular weight is 364 g/mol. The number of phenolic OH excluding ortho intramolecular Hbond substituents is 1. The van der Waals surface area contributed by atoms with Gasteiger partial charge in [0.15, 0.2) is 6.61 Å². The fourth-order valence-electron chi connectivity index (χ4n) is 1.88. The molecule has 116 valence electrons. The van der Waals surface area contributed by atoms with E-state index in [0.29, 0.717) is 17.4 Å². The van der Waals surface area contributed by atoms with Crippen LogP contribution in [-0.4, -0.2) is 17.6 Å². The monoisotopic (exact) mass is 363 g/mol. The largest absolute Gasteiger partial charge is 0.506 e. The third kappa shape index (κ3) is 4.49. The molecule has 2 rings (SSSR count). The van der Waals surface area contributed by atoms with E-state index in [-0.39, 0.29) is 18.3 Å². The summed E-state index contributed by atoms with van der Waals surface area (Å²) >= 11 is 3.33. The highest BCUT2D eigenvalue weighted by molar-refractivity contribution is 9.10. The van der Waals surface area contributed by atoms with Gasteiger partial charge in [-0.1, -0.05) is 35.8 Å². The van der Waals surface area contributed by atoms with Gasteiger partial charge in [0.1, 0.15) is 11.5 Å². The Labute approximate surface area is 138 Å². The van der Waals surface area contributed by atoms with Crippen LogP contribution in [0.25, 0.3) is 0 Å². The summed E-state index contributed by atoms with van der Waals surface area (Å²) in [6.45, 7) is 3.98. The number of aromatic hydroxyl groups is 1. The minimum absolute atomic E-state index is 0.0430. The molecule has 0 atom stereocenters. The van der Waals surface area contributed by atoms with E-state index >= 15 is 0 Å². The first kappa shape index (κ1) is 16.4. The topological polar surface area (TPSA) is 58.6 Å². The van der Waals surface area contributed by atoms with Gasteiger partial charge in [0.25, 0.3) is 5.91 Å². The number of amides is 1. The Morgan fingerprint density at radius 3 is 2.55 bits per heavy atom. The van der Waals surface area contributed by atoms with Crippen molar-refractivity contribution in [1.82, 2.24) is 0 Å². The summed E-state index contributed by atoms with van der Waals surface area (Å²) in [5.41, 5.74) is 1.44. The van der Waals surface area contributed by atoms with Crippen LogP contribution in [0.1, 0.15) is 25.3 Å². The number of benzene rings is 2. The number of nitrogens with one attached hydrogen (secondary N) is 1. The highest BCUT2D eigenvalue weighted by Gasteiger charge is 2.09.